The van der Waals surface area contributed by atoms with Crippen LogP contribution in [0.3, 0.4) is 0 Å². The summed E-state index contributed by atoms with van der Waals surface area (Å²) in [6.07, 6.45) is 0.903. The van der Waals surface area contributed by atoms with Gasteiger partial charge in [0.05, 0.1) is 16.0 Å². The van der Waals surface area contributed by atoms with E-state index in [1.807, 2.05) is 26.0 Å². The van der Waals surface area contributed by atoms with Gasteiger partial charge in [-0.15, -0.1) is 0 Å². The number of nitrogens with one attached hydrogen (secondary N) is 1. The van der Waals surface area contributed by atoms with Gasteiger partial charge in [0.15, 0.2) is 0 Å². The molecule has 7 nitrogen and oxygen atoms in total. The molecule has 1 aliphatic heterocycles. The summed E-state index contributed by atoms with van der Waals surface area (Å²) in [7, 11) is -3.51. The van der Waals surface area contributed by atoms with Crippen LogP contribution in [0.25, 0.3) is 10.2 Å². The molecule has 4 rings (SSSR count). The number of anilines is 1. The maximum atomic E-state index is 12.8. The summed E-state index contributed by atoms with van der Waals surface area (Å²) in [6.45, 7) is 4.51. The average molecular weight is 508 g/mol. The standard InChI is InChI=1S/C23H26ClN3O4S2/c1-15(2)27-20-8-7-18(13-21(20)32-23(27)29)25-22(28)16-9-11-26(12-10-16)33(30,31)14-17-5-3-4-6-19(17)24/h3-8,13,15-16H,9-12,14H2,1-2H3,(H,25,28). The number of amides is 1. The minimum Gasteiger partial charge on any atom is -0.326 e. The predicted molar refractivity (Wildman–Crippen MR) is 133 cm³/mol. The summed E-state index contributed by atoms with van der Waals surface area (Å²) >= 11 is 7.28. The first-order valence-corrected chi connectivity index (χ1v) is 13.6. The normalized spacial score (nSPS) is 15.9. The number of benzene rings is 2. The van der Waals surface area contributed by atoms with E-state index in [-0.39, 0.29) is 28.5 Å². The number of fused-ring (bicyclic) bond motifs is 1. The van der Waals surface area contributed by atoms with Gasteiger partial charge in [0.2, 0.25) is 15.9 Å². The molecule has 0 radical (unpaired) electrons. The fourth-order valence-corrected chi connectivity index (χ4v) is 7.08. The van der Waals surface area contributed by atoms with E-state index in [0.29, 0.717) is 42.2 Å². The Morgan fingerprint density at radius 2 is 1.88 bits per heavy atom. The third-order valence-electron chi connectivity index (χ3n) is 5.91. The molecule has 176 valence electrons. The number of hydrogen-bond acceptors (Lipinski definition) is 5. The zero-order chi connectivity index (χ0) is 23.8. The topological polar surface area (TPSA) is 88.5 Å². The van der Waals surface area contributed by atoms with Crippen molar-refractivity contribution in [1.82, 2.24) is 8.87 Å². The van der Waals surface area contributed by atoms with Crippen LogP contribution in [0.4, 0.5) is 5.69 Å². The Morgan fingerprint density at radius 3 is 2.55 bits per heavy atom. The van der Waals surface area contributed by atoms with Crippen molar-refractivity contribution < 1.29 is 13.2 Å². The molecule has 0 aliphatic carbocycles. The number of aromatic nitrogens is 1. The lowest BCUT2D eigenvalue weighted by molar-refractivity contribution is -0.120. The molecule has 2 heterocycles. The second kappa shape index (κ2) is 9.58. The van der Waals surface area contributed by atoms with Gasteiger partial charge in [0, 0.05) is 35.8 Å². The Kier molecular flexibility index (Phi) is 6.95. The van der Waals surface area contributed by atoms with Crippen molar-refractivity contribution in [3.05, 3.63) is 62.7 Å². The van der Waals surface area contributed by atoms with Gasteiger partial charge in [-0.25, -0.2) is 12.7 Å². The fraction of sp³-hybridized carbons (Fsp3) is 0.391. The summed E-state index contributed by atoms with van der Waals surface area (Å²) in [5.41, 5.74) is 2.07. The molecule has 10 heteroatoms. The maximum absolute atomic E-state index is 12.8. The minimum atomic E-state index is -3.51. The largest absolute Gasteiger partial charge is 0.326 e. The molecule has 1 aromatic heterocycles. The highest BCUT2D eigenvalue weighted by Gasteiger charge is 2.31. The van der Waals surface area contributed by atoms with E-state index in [1.165, 1.54) is 4.31 Å². The predicted octanol–water partition coefficient (Wildman–Crippen LogP) is 4.48. The number of piperidine rings is 1. The van der Waals surface area contributed by atoms with E-state index < -0.39 is 10.0 Å². The lowest BCUT2D eigenvalue weighted by atomic mass is 9.97. The number of carbonyl (C=O) groups is 1. The van der Waals surface area contributed by atoms with Crippen molar-refractivity contribution in [3.8, 4) is 0 Å². The molecule has 1 amide bonds. The Balaban J connectivity index is 1.38. The van der Waals surface area contributed by atoms with Crippen LogP contribution in [0.15, 0.2) is 47.3 Å². The summed E-state index contributed by atoms with van der Waals surface area (Å²) in [5.74, 6) is -0.553. The van der Waals surface area contributed by atoms with E-state index in [2.05, 4.69) is 5.32 Å². The minimum absolute atomic E-state index is 0.0196. The number of thiazole rings is 1. The van der Waals surface area contributed by atoms with Crippen molar-refractivity contribution in [2.24, 2.45) is 5.92 Å². The van der Waals surface area contributed by atoms with Gasteiger partial charge in [-0.3, -0.25) is 14.2 Å². The van der Waals surface area contributed by atoms with Gasteiger partial charge in [0.1, 0.15) is 0 Å². The average Bonchev–Trinajstić information content (AvgIpc) is 3.10. The van der Waals surface area contributed by atoms with Crippen LogP contribution >= 0.6 is 22.9 Å². The number of rotatable bonds is 6. The van der Waals surface area contributed by atoms with Gasteiger partial charge in [-0.05, 0) is 56.5 Å². The molecule has 1 N–H and O–H groups in total. The molecular weight excluding hydrogens is 482 g/mol. The first-order chi connectivity index (χ1) is 15.7. The lowest BCUT2D eigenvalue weighted by Crippen LogP contribution is -2.41. The summed E-state index contributed by atoms with van der Waals surface area (Å²) in [4.78, 5) is 25.0. The van der Waals surface area contributed by atoms with E-state index in [0.717, 1.165) is 21.6 Å². The van der Waals surface area contributed by atoms with Crippen molar-refractivity contribution in [1.29, 1.82) is 0 Å². The fourth-order valence-electron chi connectivity index (χ4n) is 4.15. The Labute approximate surface area is 202 Å². The highest BCUT2D eigenvalue weighted by Crippen LogP contribution is 2.27. The molecule has 0 unspecified atom stereocenters. The summed E-state index contributed by atoms with van der Waals surface area (Å²) < 4.78 is 29.6. The van der Waals surface area contributed by atoms with E-state index in [1.54, 1.807) is 34.9 Å². The molecule has 0 atom stereocenters. The number of hydrogen-bond donors (Lipinski definition) is 1. The second-order valence-corrected chi connectivity index (χ2v) is 11.9. The zero-order valence-corrected chi connectivity index (χ0v) is 20.8. The first kappa shape index (κ1) is 23.9. The van der Waals surface area contributed by atoms with Gasteiger partial charge in [-0.2, -0.15) is 0 Å². The molecule has 1 saturated heterocycles. The van der Waals surface area contributed by atoms with Crippen LogP contribution < -0.4 is 10.2 Å². The molecule has 0 saturated carbocycles. The smallest absolute Gasteiger partial charge is 0.308 e. The van der Waals surface area contributed by atoms with Gasteiger partial charge < -0.3 is 5.32 Å². The highest BCUT2D eigenvalue weighted by molar-refractivity contribution is 7.88. The van der Waals surface area contributed by atoms with Crippen LogP contribution in [0.5, 0.6) is 0 Å². The first-order valence-electron chi connectivity index (χ1n) is 10.8. The third kappa shape index (κ3) is 5.16. The van der Waals surface area contributed by atoms with E-state index in [4.69, 9.17) is 11.6 Å². The van der Waals surface area contributed by atoms with Gasteiger partial charge >= 0.3 is 4.87 Å². The van der Waals surface area contributed by atoms with Crippen LogP contribution in [0, 0.1) is 5.92 Å². The molecule has 3 aromatic rings. The highest BCUT2D eigenvalue weighted by atomic mass is 35.5. The molecule has 1 fully saturated rings. The molecule has 33 heavy (non-hydrogen) atoms. The van der Waals surface area contributed by atoms with Crippen LogP contribution in [0.1, 0.15) is 38.3 Å². The van der Waals surface area contributed by atoms with Crippen LogP contribution in [-0.2, 0) is 20.6 Å². The van der Waals surface area contributed by atoms with Crippen molar-refractivity contribution >= 4 is 54.8 Å². The monoisotopic (exact) mass is 507 g/mol. The molecule has 2 aromatic carbocycles. The second-order valence-electron chi connectivity index (χ2n) is 8.52. The molecule has 0 spiro atoms. The Morgan fingerprint density at radius 1 is 1.18 bits per heavy atom. The SMILES string of the molecule is CC(C)n1c(=O)sc2cc(NC(=O)C3CCN(S(=O)(=O)Cc4ccccc4Cl)CC3)ccc21. The molecule has 1 aliphatic rings. The van der Waals surface area contributed by atoms with Crippen LogP contribution in [0.2, 0.25) is 5.02 Å². The number of halogens is 1. The molecular formula is C23H26ClN3O4S2. The Bertz CT molecular complexity index is 1340. The number of nitrogens with zero attached hydrogens (tertiary/aromatic N) is 2. The zero-order valence-electron chi connectivity index (χ0n) is 18.5. The third-order valence-corrected chi connectivity index (χ3v) is 9.03. The van der Waals surface area contributed by atoms with Crippen molar-refractivity contribution in [3.63, 3.8) is 0 Å². The summed E-state index contributed by atoms with van der Waals surface area (Å²) in [5, 5.41) is 3.37. The van der Waals surface area contributed by atoms with E-state index >= 15 is 0 Å². The quantitative estimate of drug-likeness (QED) is 0.533. The van der Waals surface area contributed by atoms with Crippen molar-refractivity contribution in [2.45, 2.75) is 38.5 Å². The lowest BCUT2D eigenvalue weighted by Gasteiger charge is -2.30. The Hall–Kier alpha value is -2.20. The van der Waals surface area contributed by atoms with Gasteiger partial charge in [0.25, 0.3) is 0 Å². The van der Waals surface area contributed by atoms with Crippen LogP contribution in [-0.4, -0.2) is 36.3 Å². The maximum Gasteiger partial charge on any atom is 0.308 e. The number of carbonyl (C=O) groups excluding carboxylic acids is 1. The van der Waals surface area contributed by atoms with Crippen molar-refractivity contribution in [2.75, 3.05) is 18.4 Å². The number of sulfonamides is 1. The van der Waals surface area contributed by atoms with Gasteiger partial charge in [-0.1, -0.05) is 41.1 Å². The summed E-state index contributed by atoms with van der Waals surface area (Å²) in [6, 6.07) is 12.5. The molecule has 0 bridgehead atoms. The van der Waals surface area contributed by atoms with E-state index in [9.17, 15) is 18.0 Å².